The average molecular weight is 394 g/mol. The molecule has 0 saturated carbocycles. The molecule has 1 aromatic carbocycles. The Morgan fingerprint density at radius 3 is 3.00 bits per heavy atom. The number of tetrazole rings is 1. The fraction of sp³-hybridized carbons (Fsp3) is 0.357. The number of benzene rings is 1. The van der Waals surface area contributed by atoms with E-state index in [1.807, 2.05) is 28.9 Å². The van der Waals surface area contributed by atoms with E-state index in [1.165, 1.54) is 11.8 Å². The lowest BCUT2D eigenvalue weighted by molar-refractivity contribution is 0.540. The van der Waals surface area contributed by atoms with Crippen LogP contribution in [0.5, 0.6) is 0 Å². The zero-order chi connectivity index (χ0) is 16.1. The first-order valence-electron chi connectivity index (χ1n) is 7.33. The van der Waals surface area contributed by atoms with Gasteiger partial charge in [0.1, 0.15) is 0 Å². The molecular weight excluding hydrogens is 378 g/mol. The summed E-state index contributed by atoms with van der Waals surface area (Å²) in [7, 11) is 0. The van der Waals surface area contributed by atoms with Gasteiger partial charge in [0.2, 0.25) is 5.16 Å². The van der Waals surface area contributed by atoms with Gasteiger partial charge in [-0.2, -0.15) is 0 Å². The molecule has 1 N–H and O–H groups in total. The first-order valence-corrected chi connectivity index (χ1v) is 9.11. The number of thioether (sulfide) groups is 1. The van der Waals surface area contributed by atoms with Crippen LogP contribution < -0.4 is 0 Å². The summed E-state index contributed by atoms with van der Waals surface area (Å²) in [5.74, 6) is 2.23. The van der Waals surface area contributed by atoms with Crippen molar-refractivity contribution in [2.75, 3.05) is 0 Å². The summed E-state index contributed by atoms with van der Waals surface area (Å²) in [6, 6.07) is 7.91. The first-order chi connectivity index (χ1) is 11.3. The van der Waals surface area contributed by atoms with Crippen molar-refractivity contribution in [2.45, 2.75) is 37.2 Å². The fourth-order valence-electron chi connectivity index (χ4n) is 2.02. The van der Waals surface area contributed by atoms with Gasteiger partial charge in [-0.05, 0) is 22.9 Å². The maximum absolute atomic E-state index is 4.52. The number of nitrogens with one attached hydrogen (secondary N) is 1. The largest absolute Gasteiger partial charge is 0.258 e. The molecule has 9 heteroatoms. The van der Waals surface area contributed by atoms with E-state index in [-0.39, 0.29) is 0 Å². The molecule has 0 aliphatic carbocycles. The summed E-state index contributed by atoms with van der Waals surface area (Å²) in [6.45, 7) is 2.99. The number of aryl methyl sites for hydroxylation is 1. The number of unbranched alkanes of at least 4 members (excludes halogenated alkanes) is 1. The smallest absolute Gasteiger partial charge is 0.209 e. The highest BCUT2D eigenvalue weighted by Crippen LogP contribution is 2.27. The fourth-order valence-corrected chi connectivity index (χ4v) is 3.23. The Morgan fingerprint density at radius 2 is 2.17 bits per heavy atom. The Balaban J connectivity index is 1.66. The van der Waals surface area contributed by atoms with Crippen molar-refractivity contribution in [3.05, 3.63) is 34.6 Å². The van der Waals surface area contributed by atoms with Gasteiger partial charge in [0.25, 0.3) is 0 Å². The maximum atomic E-state index is 4.52. The third-order valence-corrected chi connectivity index (χ3v) is 4.79. The summed E-state index contributed by atoms with van der Waals surface area (Å²) in [5, 5.41) is 19.7. The second kappa shape index (κ2) is 7.69. The summed E-state index contributed by atoms with van der Waals surface area (Å²) in [5.41, 5.74) is 0.986. The second-order valence-corrected chi connectivity index (χ2v) is 6.70. The van der Waals surface area contributed by atoms with E-state index in [1.54, 1.807) is 0 Å². The van der Waals surface area contributed by atoms with E-state index in [0.29, 0.717) is 10.9 Å². The van der Waals surface area contributed by atoms with E-state index < -0.39 is 0 Å². The van der Waals surface area contributed by atoms with Crippen molar-refractivity contribution in [1.82, 2.24) is 35.4 Å². The standard InChI is InChI=1S/C14H16BrN7S/c1-2-3-8-22-12(17-20-21-22)9-23-14-16-13(18-19-14)10-6-4-5-7-11(10)15/h4-7H,2-3,8-9H2,1H3,(H,16,18,19). The lowest BCUT2D eigenvalue weighted by atomic mass is 10.2. The lowest BCUT2D eigenvalue weighted by Crippen LogP contribution is -2.05. The molecule has 0 amide bonds. The van der Waals surface area contributed by atoms with E-state index >= 15 is 0 Å². The molecule has 2 heterocycles. The van der Waals surface area contributed by atoms with Crippen molar-refractivity contribution in [1.29, 1.82) is 0 Å². The SMILES string of the molecule is CCCCn1nnnc1CSc1n[nH]c(-c2ccccc2Br)n1. The minimum absolute atomic E-state index is 0.643. The number of hydrogen-bond donors (Lipinski definition) is 1. The third kappa shape index (κ3) is 3.97. The molecule has 0 saturated heterocycles. The van der Waals surface area contributed by atoms with E-state index in [4.69, 9.17) is 0 Å². The first kappa shape index (κ1) is 16.1. The monoisotopic (exact) mass is 393 g/mol. The Morgan fingerprint density at radius 1 is 1.30 bits per heavy atom. The highest BCUT2D eigenvalue weighted by Gasteiger charge is 2.11. The van der Waals surface area contributed by atoms with Gasteiger partial charge in [-0.1, -0.05) is 59.2 Å². The van der Waals surface area contributed by atoms with Crippen molar-refractivity contribution in [3.63, 3.8) is 0 Å². The van der Waals surface area contributed by atoms with Gasteiger partial charge in [0, 0.05) is 16.6 Å². The van der Waals surface area contributed by atoms with Crippen LogP contribution in [0.15, 0.2) is 33.9 Å². The quantitative estimate of drug-likeness (QED) is 0.619. The zero-order valence-corrected chi connectivity index (χ0v) is 15.0. The lowest BCUT2D eigenvalue weighted by Gasteiger charge is -2.01. The van der Waals surface area contributed by atoms with E-state index in [2.05, 4.69) is 53.6 Å². The van der Waals surface area contributed by atoms with Crippen LogP contribution >= 0.6 is 27.7 Å². The normalized spacial score (nSPS) is 11.0. The molecule has 0 aliphatic rings. The van der Waals surface area contributed by atoms with Crippen LogP contribution in [0, 0.1) is 0 Å². The topological polar surface area (TPSA) is 85.2 Å². The summed E-state index contributed by atoms with van der Waals surface area (Å²) < 4.78 is 2.83. The second-order valence-electron chi connectivity index (χ2n) is 4.91. The predicted molar refractivity (Wildman–Crippen MR) is 91.8 cm³/mol. The van der Waals surface area contributed by atoms with Crippen LogP contribution in [0.2, 0.25) is 0 Å². The number of aromatic nitrogens is 7. The molecule has 3 aromatic rings. The molecule has 0 fully saturated rings. The Hall–Kier alpha value is -1.74. The molecule has 2 aromatic heterocycles. The number of halogens is 1. The van der Waals surface area contributed by atoms with Gasteiger partial charge in [0.05, 0.1) is 5.75 Å². The number of aromatic amines is 1. The molecule has 0 unspecified atom stereocenters. The molecule has 0 spiro atoms. The summed E-state index contributed by atoms with van der Waals surface area (Å²) in [6.07, 6.45) is 2.18. The third-order valence-electron chi connectivity index (χ3n) is 3.25. The van der Waals surface area contributed by atoms with Crippen LogP contribution in [0.1, 0.15) is 25.6 Å². The maximum Gasteiger partial charge on any atom is 0.209 e. The van der Waals surface area contributed by atoms with E-state index in [9.17, 15) is 0 Å². The van der Waals surface area contributed by atoms with Gasteiger partial charge in [-0.3, -0.25) is 5.10 Å². The van der Waals surface area contributed by atoms with Gasteiger partial charge >= 0.3 is 0 Å². The number of nitrogens with zero attached hydrogens (tertiary/aromatic N) is 6. The highest BCUT2D eigenvalue weighted by atomic mass is 79.9. The summed E-state index contributed by atoms with van der Waals surface area (Å²) >= 11 is 5.04. The molecule has 0 radical (unpaired) electrons. The Labute approximate surface area is 146 Å². The van der Waals surface area contributed by atoms with Gasteiger partial charge in [-0.25, -0.2) is 9.67 Å². The average Bonchev–Trinajstić information content (AvgIpc) is 3.20. The van der Waals surface area contributed by atoms with Crippen LogP contribution in [-0.2, 0) is 12.3 Å². The van der Waals surface area contributed by atoms with Crippen molar-refractivity contribution in [3.8, 4) is 11.4 Å². The van der Waals surface area contributed by atoms with Crippen molar-refractivity contribution in [2.24, 2.45) is 0 Å². The Kier molecular flexibility index (Phi) is 5.39. The van der Waals surface area contributed by atoms with E-state index in [0.717, 1.165) is 41.1 Å². The van der Waals surface area contributed by atoms with Crippen LogP contribution in [0.3, 0.4) is 0 Å². The molecule has 7 nitrogen and oxygen atoms in total. The molecule has 0 aliphatic heterocycles. The van der Waals surface area contributed by atoms with Crippen LogP contribution in [-0.4, -0.2) is 35.4 Å². The van der Waals surface area contributed by atoms with Crippen LogP contribution in [0.4, 0.5) is 0 Å². The molecule has 3 rings (SSSR count). The molecule has 23 heavy (non-hydrogen) atoms. The predicted octanol–water partition coefficient (Wildman–Crippen LogP) is 3.31. The summed E-state index contributed by atoms with van der Waals surface area (Å²) in [4.78, 5) is 4.52. The van der Waals surface area contributed by atoms with Crippen molar-refractivity contribution >= 4 is 27.7 Å². The van der Waals surface area contributed by atoms with Crippen molar-refractivity contribution < 1.29 is 0 Å². The minimum Gasteiger partial charge on any atom is -0.258 e. The highest BCUT2D eigenvalue weighted by molar-refractivity contribution is 9.10. The van der Waals surface area contributed by atoms with Gasteiger partial charge in [0.15, 0.2) is 11.6 Å². The molecular formula is C14H16BrN7S. The number of hydrogen-bond acceptors (Lipinski definition) is 6. The molecule has 0 bridgehead atoms. The Bertz CT molecular complexity index is 770. The van der Waals surface area contributed by atoms with Gasteiger partial charge < -0.3 is 0 Å². The molecule has 0 atom stereocenters. The van der Waals surface area contributed by atoms with Crippen LogP contribution in [0.25, 0.3) is 11.4 Å². The minimum atomic E-state index is 0.643. The number of rotatable bonds is 7. The number of H-pyrrole nitrogens is 1. The van der Waals surface area contributed by atoms with Gasteiger partial charge in [-0.15, -0.1) is 10.2 Å². The molecule has 120 valence electrons. The zero-order valence-electron chi connectivity index (χ0n) is 12.6.